The van der Waals surface area contributed by atoms with Crippen molar-refractivity contribution >= 4 is 46.3 Å². The quantitative estimate of drug-likeness (QED) is 0.786. The Hall–Kier alpha value is -0.450. The van der Waals surface area contributed by atoms with E-state index in [0.29, 0.717) is 16.1 Å². The van der Waals surface area contributed by atoms with Crippen molar-refractivity contribution in [1.82, 2.24) is 0 Å². The second kappa shape index (κ2) is 7.09. The van der Waals surface area contributed by atoms with E-state index in [0.717, 1.165) is 23.4 Å². The van der Waals surface area contributed by atoms with E-state index < -0.39 is 0 Å². The molecule has 1 aromatic carbocycles. The fourth-order valence-corrected chi connectivity index (χ4v) is 2.55. The van der Waals surface area contributed by atoms with E-state index in [1.54, 1.807) is 6.07 Å². The van der Waals surface area contributed by atoms with E-state index in [1.165, 1.54) is 0 Å². The molecule has 0 aliphatic heterocycles. The lowest BCUT2D eigenvalue weighted by atomic mass is 10.2. The van der Waals surface area contributed by atoms with Crippen LogP contribution in [0.5, 0.6) is 0 Å². The number of thioether (sulfide) groups is 1. The number of nitrogens with two attached hydrogens (primary N) is 1. The van der Waals surface area contributed by atoms with Gasteiger partial charge in [0.2, 0.25) is 0 Å². The molecule has 1 rings (SSSR count). The van der Waals surface area contributed by atoms with Crippen LogP contribution in [0.3, 0.4) is 0 Å². The Morgan fingerprint density at radius 1 is 1.59 bits per heavy atom. The largest absolute Gasteiger partial charge is 0.389 e. The first-order valence-corrected chi connectivity index (χ1v) is 7.61. The van der Waals surface area contributed by atoms with Crippen molar-refractivity contribution in [3.05, 3.63) is 28.8 Å². The molecule has 0 fully saturated rings. The molecular formula is C12H17ClN2S2. The van der Waals surface area contributed by atoms with Gasteiger partial charge in [-0.1, -0.05) is 30.7 Å². The van der Waals surface area contributed by atoms with E-state index in [4.69, 9.17) is 29.6 Å². The van der Waals surface area contributed by atoms with Crippen LogP contribution in [-0.4, -0.2) is 23.0 Å². The second-order valence-electron chi connectivity index (χ2n) is 3.76. The molecule has 0 aliphatic rings. The maximum Gasteiger partial charge on any atom is 0.104 e. The smallest absolute Gasteiger partial charge is 0.104 e. The fraction of sp³-hybridized carbons (Fsp3) is 0.417. The number of anilines is 1. The molecule has 1 aromatic rings. The maximum atomic E-state index is 6.19. The van der Waals surface area contributed by atoms with Gasteiger partial charge in [-0.15, -0.1) is 0 Å². The van der Waals surface area contributed by atoms with Gasteiger partial charge in [-0.2, -0.15) is 11.8 Å². The normalized spacial score (nSPS) is 12.2. The fourth-order valence-electron chi connectivity index (χ4n) is 1.47. The molecule has 0 radical (unpaired) electrons. The minimum absolute atomic E-state index is 0.370. The number of halogens is 1. The van der Waals surface area contributed by atoms with Gasteiger partial charge in [0.15, 0.2) is 0 Å². The average molecular weight is 289 g/mol. The van der Waals surface area contributed by atoms with E-state index in [1.807, 2.05) is 23.9 Å². The van der Waals surface area contributed by atoms with Crippen molar-refractivity contribution < 1.29 is 0 Å². The third-order valence-electron chi connectivity index (χ3n) is 2.47. The molecule has 94 valence electrons. The number of hydrogen-bond acceptors (Lipinski definition) is 3. The first-order chi connectivity index (χ1) is 8.08. The third kappa shape index (κ3) is 4.37. The van der Waals surface area contributed by atoms with Crippen LogP contribution < -0.4 is 11.1 Å². The maximum absolute atomic E-state index is 6.19. The Kier molecular flexibility index (Phi) is 6.09. The van der Waals surface area contributed by atoms with Gasteiger partial charge in [-0.3, -0.25) is 0 Å². The Morgan fingerprint density at radius 3 is 2.76 bits per heavy atom. The second-order valence-corrected chi connectivity index (χ2v) is 5.52. The standard InChI is InChI=1S/C12H17ClN2S2/c1-3-9(7-17-2)15-11-5-4-8(12(14)16)6-10(11)13/h4-6,9,15H,3,7H2,1-2H3,(H2,14,16). The van der Waals surface area contributed by atoms with Crippen LogP contribution in [0.25, 0.3) is 0 Å². The molecule has 17 heavy (non-hydrogen) atoms. The molecule has 0 amide bonds. The molecule has 5 heteroatoms. The van der Waals surface area contributed by atoms with Gasteiger partial charge in [-0.25, -0.2) is 0 Å². The molecule has 1 atom stereocenters. The zero-order valence-electron chi connectivity index (χ0n) is 10.00. The van der Waals surface area contributed by atoms with Crippen LogP contribution in [0.15, 0.2) is 18.2 Å². The minimum Gasteiger partial charge on any atom is -0.389 e. The lowest BCUT2D eigenvalue weighted by Gasteiger charge is -2.18. The summed E-state index contributed by atoms with van der Waals surface area (Å²) in [5.74, 6) is 1.06. The lowest BCUT2D eigenvalue weighted by molar-refractivity contribution is 0.775. The van der Waals surface area contributed by atoms with Gasteiger partial charge in [0, 0.05) is 17.4 Å². The molecule has 2 nitrogen and oxygen atoms in total. The predicted octanol–water partition coefficient (Wildman–Crippen LogP) is 3.53. The highest BCUT2D eigenvalue weighted by Crippen LogP contribution is 2.24. The Labute approximate surface area is 117 Å². The Morgan fingerprint density at radius 2 is 2.29 bits per heavy atom. The number of nitrogens with one attached hydrogen (secondary N) is 1. The van der Waals surface area contributed by atoms with Crippen molar-refractivity contribution in [2.75, 3.05) is 17.3 Å². The topological polar surface area (TPSA) is 38.0 Å². The van der Waals surface area contributed by atoms with Crippen LogP contribution >= 0.6 is 35.6 Å². The van der Waals surface area contributed by atoms with Crippen molar-refractivity contribution in [3.8, 4) is 0 Å². The molecule has 0 saturated carbocycles. The molecule has 0 spiro atoms. The summed E-state index contributed by atoms with van der Waals surface area (Å²) in [6.07, 6.45) is 3.16. The lowest BCUT2D eigenvalue weighted by Crippen LogP contribution is -2.21. The summed E-state index contributed by atoms with van der Waals surface area (Å²) in [5, 5.41) is 4.09. The Balaban J connectivity index is 2.81. The molecule has 0 heterocycles. The first kappa shape index (κ1) is 14.6. The monoisotopic (exact) mass is 288 g/mol. The molecular weight excluding hydrogens is 272 g/mol. The van der Waals surface area contributed by atoms with E-state index in [9.17, 15) is 0 Å². The van der Waals surface area contributed by atoms with Crippen LogP contribution in [0.2, 0.25) is 5.02 Å². The zero-order chi connectivity index (χ0) is 12.8. The summed E-state index contributed by atoms with van der Waals surface area (Å²) < 4.78 is 0. The molecule has 0 aromatic heterocycles. The van der Waals surface area contributed by atoms with Crippen molar-refractivity contribution in [2.24, 2.45) is 5.73 Å². The molecule has 0 saturated heterocycles. The van der Waals surface area contributed by atoms with Gasteiger partial charge in [0.05, 0.1) is 10.7 Å². The number of hydrogen-bond donors (Lipinski definition) is 2. The van der Waals surface area contributed by atoms with Crippen LogP contribution in [0.1, 0.15) is 18.9 Å². The summed E-state index contributed by atoms with van der Waals surface area (Å²) >= 11 is 12.9. The van der Waals surface area contributed by atoms with Gasteiger partial charge in [0.1, 0.15) is 4.99 Å². The molecule has 1 unspecified atom stereocenters. The number of rotatable bonds is 6. The molecule has 0 bridgehead atoms. The first-order valence-electron chi connectivity index (χ1n) is 5.43. The SMILES string of the molecule is CCC(CSC)Nc1ccc(C(N)=S)cc1Cl. The summed E-state index contributed by atoms with van der Waals surface area (Å²) in [6, 6.07) is 6.05. The Bertz CT molecular complexity index is 396. The van der Waals surface area contributed by atoms with Gasteiger partial charge in [0.25, 0.3) is 0 Å². The highest BCUT2D eigenvalue weighted by atomic mass is 35.5. The van der Waals surface area contributed by atoms with Crippen LogP contribution in [0, 0.1) is 0 Å². The van der Waals surface area contributed by atoms with E-state index >= 15 is 0 Å². The van der Waals surface area contributed by atoms with Crippen molar-refractivity contribution in [1.29, 1.82) is 0 Å². The van der Waals surface area contributed by atoms with Gasteiger partial charge >= 0.3 is 0 Å². The highest BCUT2D eigenvalue weighted by Gasteiger charge is 2.08. The predicted molar refractivity (Wildman–Crippen MR) is 83.4 cm³/mol. The van der Waals surface area contributed by atoms with E-state index in [2.05, 4.69) is 18.5 Å². The minimum atomic E-state index is 0.370. The summed E-state index contributed by atoms with van der Waals surface area (Å²) in [5.41, 5.74) is 7.29. The third-order valence-corrected chi connectivity index (χ3v) is 3.76. The average Bonchev–Trinajstić information content (AvgIpc) is 2.30. The summed E-state index contributed by atoms with van der Waals surface area (Å²) in [6.45, 7) is 2.16. The molecule has 3 N–H and O–H groups in total. The highest BCUT2D eigenvalue weighted by molar-refractivity contribution is 7.98. The number of thiocarbonyl (C=S) groups is 1. The zero-order valence-corrected chi connectivity index (χ0v) is 12.4. The van der Waals surface area contributed by atoms with Crippen LogP contribution in [-0.2, 0) is 0 Å². The summed E-state index contributed by atoms with van der Waals surface area (Å²) in [7, 11) is 0. The van der Waals surface area contributed by atoms with Gasteiger partial charge < -0.3 is 11.1 Å². The van der Waals surface area contributed by atoms with Crippen molar-refractivity contribution in [2.45, 2.75) is 19.4 Å². The summed E-state index contributed by atoms with van der Waals surface area (Å²) in [4.78, 5) is 0.370. The number of benzene rings is 1. The van der Waals surface area contributed by atoms with E-state index in [-0.39, 0.29) is 0 Å². The van der Waals surface area contributed by atoms with Crippen molar-refractivity contribution in [3.63, 3.8) is 0 Å². The van der Waals surface area contributed by atoms with Gasteiger partial charge in [-0.05, 0) is 30.9 Å². The molecule has 0 aliphatic carbocycles. The van der Waals surface area contributed by atoms with Crippen LogP contribution in [0.4, 0.5) is 5.69 Å².